The van der Waals surface area contributed by atoms with Crippen molar-refractivity contribution in [3.8, 4) is 5.75 Å². The number of benzene rings is 1. The Hall–Kier alpha value is -1.72. The number of hydrogen-bond donors (Lipinski definition) is 2. The van der Waals surface area contributed by atoms with Gasteiger partial charge < -0.3 is 10.2 Å². The number of carbonyl (C=O) groups is 1. The van der Waals surface area contributed by atoms with Crippen LogP contribution in [0.1, 0.15) is 24.8 Å². The van der Waals surface area contributed by atoms with Crippen molar-refractivity contribution in [1.29, 1.82) is 0 Å². The smallest absolute Gasteiger partial charge is 0.304 e. The maximum absolute atomic E-state index is 13.1. The zero-order valence-corrected chi connectivity index (χ0v) is 8.64. The van der Waals surface area contributed by atoms with E-state index in [9.17, 15) is 23.1 Å². The van der Waals surface area contributed by atoms with E-state index < -0.39 is 34.6 Å². The molecule has 0 saturated heterocycles. The maximum atomic E-state index is 13.1. The first-order chi connectivity index (χ1) is 7.87. The molecule has 2 N–H and O–H groups in total. The van der Waals surface area contributed by atoms with Crippen LogP contribution in [0.2, 0.25) is 0 Å². The fourth-order valence-corrected chi connectivity index (χ4v) is 1.97. The third kappa shape index (κ3) is 1.83. The summed E-state index contributed by atoms with van der Waals surface area (Å²) in [5.74, 6) is -6.98. The molecule has 0 heterocycles. The molecule has 17 heavy (non-hydrogen) atoms. The summed E-state index contributed by atoms with van der Waals surface area (Å²) in [6.07, 6.45) is 0.458. The lowest BCUT2D eigenvalue weighted by atomic mass is 9.91. The monoisotopic (exact) mass is 246 g/mol. The first kappa shape index (κ1) is 11.8. The summed E-state index contributed by atoms with van der Waals surface area (Å²) in [5.41, 5.74) is -1.14. The number of aliphatic carboxylic acids is 1. The highest BCUT2D eigenvalue weighted by Crippen LogP contribution is 2.54. The van der Waals surface area contributed by atoms with Crippen LogP contribution in [0.25, 0.3) is 0 Å². The Kier molecular flexibility index (Phi) is 2.52. The van der Waals surface area contributed by atoms with E-state index in [0.29, 0.717) is 18.9 Å². The van der Waals surface area contributed by atoms with E-state index >= 15 is 0 Å². The van der Waals surface area contributed by atoms with Crippen LogP contribution in [0.5, 0.6) is 5.75 Å². The zero-order valence-electron chi connectivity index (χ0n) is 8.64. The molecule has 1 aromatic carbocycles. The number of aromatic hydroxyl groups is 1. The predicted molar refractivity (Wildman–Crippen MR) is 51.1 cm³/mol. The number of carboxylic acid groups (broad SMARTS) is 1. The van der Waals surface area contributed by atoms with Crippen molar-refractivity contribution >= 4 is 5.97 Å². The summed E-state index contributed by atoms with van der Waals surface area (Å²) in [7, 11) is 0. The Labute approximate surface area is 94.5 Å². The second-order valence-corrected chi connectivity index (χ2v) is 4.23. The fourth-order valence-electron chi connectivity index (χ4n) is 1.97. The zero-order chi connectivity index (χ0) is 12.8. The van der Waals surface area contributed by atoms with Gasteiger partial charge in [-0.2, -0.15) is 4.39 Å². The molecule has 1 aromatic rings. The van der Waals surface area contributed by atoms with Crippen molar-refractivity contribution in [1.82, 2.24) is 0 Å². The van der Waals surface area contributed by atoms with E-state index in [1.807, 2.05) is 0 Å². The molecule has 0 aliphatic heterocycles. The third-order valence-electron chi connectivity index (χ3n) is 3.05. The summed E-state index contributed by atoms with van der Waals surface area (Å²) in [6.45, 7) is 0. The van der Waals surface area contributed by atoms with Crippen LogP contribution in [-0.4, -0.2) is 16.2 Å². The average Bonchev–Trinajstić information content (AvgIpc) is 3.00. The summed E-state index contributed by atoms with van der Waals surface area (Å²) in [6, 6.07) is 0.670. The molecule has 0 aromatic heterocycles. The van der Waals surface area contributed by atoms with Crippen molar-refractivity contribution in [2.75, 3.05) is 0 Å². The molecule has 0 unspecified atom stereocenters. The second kappa shape index (κ2) is 3.65. The van der Waals surface area contributed by atoms with Crippen molar-refractivity contribution in [2.24, 2.45) is 0 Å². The Balaban J connectivity index is 2.50. The second-order valence-electron chi connectivity index (χ2n) is 4.23. The van der Waals surface area contributed by atoms with Gasteiger partial charge in [-0.05, 0) is 18.9 Å². The summed E-state index contributed by atoms with van der Waals surface area (Å²) in [5, 5.41) is 18.1. The maximum Gasteiger partial charge on any atom is 0.304 e. The Morgan fingerprint density at radius 2 is 1.88 bits per heavy atom. The van der Waals surface area contributed by atoms with Crippen LogP contribution in [0, 0.1) is 17.5 Å². The average molecular weight is 246 g/mol. The van der Waals surface area contributed by atoms with Gasteiger partial charge in [0.05, 0.1) is 6.42 Å². The number of phenolic OH excluding ortho intramolecular Hbond substituents is 1. The van der Waals surface area contributed by atoms with Gasteiger partial charge in [0.2, 0.25) is 5.82 Å². The number of rotatable bonds is 3. The van der Waals surface area contributed by atoms with Gasteiger partial charge in [0.15, 0.2) is 17.4 Å². The van der Waals surface area contributed by atoms with E-state index in [4.69, 9.17) is 5.11 Å². The number of hydrogen-bond acceptors (Lipinski definition) is 2. The molecule has 0 radical (unpaired) electrons. The molecular weight excluding hydrogens is 237 g/mol. The Bertz CT molecular complexity index is 495. The van der Waals surface area contributed by atoms with Gasteiger partial charge in [-0.1, -0.05) is 0 Å². The lowest BCUT2D eigenvalue weighted by Gasteiger charge is -2.15. The van der Waals surface area contributed by atoms with Gasteiger partial charge in [-0.3, -0.25) is 4.79 Å². The van der Waals surface area contributed by atoms with Gasteiger partial charge in [-0.25, -0.2) is 8.78 Å². The van der Waals surface area contributed by atoms with Crippen molar-refractivity contribution in [2.45, 2.75) is 24.7 Å². The van der Waals surface area contributed by atoms with Crippen LogP contribution in [0.15, 0.2) is 6.07 Å². The largest absolute Gasteiger partial charge is 0.505 e. The van der Waals surface area contributed by atoms with Gasteiger partial charge in [0, 0.05) is 11.0 Å². The van der Waals surface area contributed by atoms with E-state index in [-0.39, 0.29) is 12.0 Å². The molecule has 1 fully saturated rings. The molecule has 0 bridgehead atoms. The van der Waals surface area contributed by atoms with E-state index in [0.717, 1.165) is 0 Å². The number of halogens is 3. The highest BCUT2D eigenvalue weighted by atomic mass is 19.2. The molecule has 0 amide bonds. The van der Waals surface area contributed by atoms with Crippen molar-refractivity contribution < 1.29 is 28.2 Å². The van der Waals surface area contributed by atoms with Crippen LogP contribution in [0.3, 0.4) is 0 Å². The van der Waals surface area contributed by atoms with Gasteiger partial charge >= 0.3 is 5.97 Å². The minimum atomic E-state index is -1.75. The van der Waals surface area contributed by atoms with Gasteiger partial charge in [-0.15, -0.1) is 0 Å². The number of phenols is 1. The van der Waals surface area contributed by atoms with Gasteiger partial charge in [0.25, 0.3) is 0 Å². The molecule has 92 valence electrons. The quantitative estimate of drug-likeness (QED) is 0.804. The topological polar surface area (TPSA) is 57.5 Å². The van der Waals surface area contributed by atoms with Crippen LogP contribution >= 0.6 is 0 Å². The van der Waals surface area contributed by atoms with E-state index in [2.05, 4.69) is 0 Å². The van der Waals surface area contributed by atoms with Crippen LogP contribution in [0.4, 0.5) is 13.2 Å². The minimum absolute atomic E-state index is 0.170. The lowest BCUT2D eigenvalue weighted by Crippen LogP contribution is -2.14. The van der Waals surface area contributed by atoms with Crippen LogP contribution in [-0.2, 0) is 10.2 Å². The first-order valence-electron chi connectivity index (χ1n) is 4.96. The molecule has 0 atom stereocenters. The summed E-state index contributed by atoms with van der Waals surface area (Å²) < 4.78 is 39.0. The van der Waals surface area contributed by atoms with Crippen LogP contribution < -0.4 is 0 Å². The highest BCUT2D eigenvalue weighted by molar-refractivity contribution is 5.70. The Morgan fingerprint density at radius 1 is 1.29 bits per heavy atom. The summed E-state index contributed by atoms with van der Waals surface area (Å²) >= 11 is 0. The highest BCUT2D eigenvalue weighted by Gasteiger charge is 2.48. The standard InChI is InChI=1S/C11H9F3O3/c12-6-3-5(10(17)9(14)8(6)13)11(1-2-11)4-7(15)16/h3,17H,1-2,4H2,(H,15,16). The van der Waals surface area contributed by atoms with Crippen molar-refractivity contribution in [3.05, 3.63) is 29.1 Å². The van der Waals surface area contributed by atoms with E-state index in [1.165, 1.54) is 0 Å². The number of carboxylic acids is 1. The third-order valence-corrected chi connectivity index (χ3v) is 3.05. The predicted octanol–water partition coefficient (Wildman–Crippen LogP) is 2.32. The minimum Gasteiger partial charge on any atom is -0.505 e. The lowest BCUT2D eigenvalue weighted by molar-refractivity contribution is -0.137. The first-order valence-corrected chi connectivity index (χ1v) is 4.96. The summed E-state index contributed by atoms with van der Waals surface area (Å²) in [4.78, 5) is 10.6. The van der Waals surface area contributed by atoms with Crippen molar-refractivity contribution in [3.63, 3.8) is 0 Å². The van der Waals surface area contributed by atoms with Gasteiger partial charge in [0.1, 0.15) is 0 Å². The SMILES string of the molecule is O=C(O)CC1(c2cc(F)c(F)c(F)c2O)CC1. The normalized spacial score (nSPS) is 16.9. The molecule has 6 heteroatoms. The Morgan fingerprint density at radius 3 is 2.35 bits per heavy atom. The molecule has 1 aliphatic rings. The molecule has 1 saturated carbocycles. The molecule has 0 spiro atoms. The molecule has 2 rings (SSSR count). The molecule has 1 aliphatic carbocycles. The molecular formula is C11H9F3O3. The van der Waals surface area contributed by atoms with E-state index in [1.54, 1.807) is 0 Å². The molecule has 3 nitrogen and oxygen atoms in total. The fraction of sp³-hybridized carbons (Fsp3) is 0.364.